The summed E-state index contributed by atoms with van der Waals surface area (Å²) in [6.07, 6.45) is 7.11. The summed E-state index contributed by atoms with van der Waals surface area (Å²) < 4.78 is 0. The van der Waals surface area contributed by atoms with Crippen molar-refractivity contribution in [1.29, 1.82) is 0 Å². The van der Waals surface area contributed by atoms with Gasteiger partial charge in [-0.1, -0.05) is 43.2 Å². The summed E-state index contributed by atoms with van der Waals surface area (Å²) in [6, 6.07) is 9.91. The van der Waals surface area contributed by atoms with E-state index in [9.17, 15) is 14.4 Å². The van der Waals surface area contributed by atoms with E-state index in [1.165, 1.54) is 31.2 Å². The van der Waals surface area contributed by atoms with E-state index in [0.29, 0.717) is 45.1 Å². The zero-order valence-corrected chi connectivity index (χ0v) is 17.8. The third kappa shape index (κ3) is 7.04. The van der Waals surface area contributed by atoms with Crippen molar-refractivity contribution in [1.82, 2.24) is 20.4 Å². The standard InChI is InChI=1S/C23H34N4O3/c28-21(12-6-11-19-7-2-1-3-8-19)26-13-15-27(16-14-26)22(29)18-25-23(30)24-17-20-9-4-5-10-20/h1-3,7-8,20H,4-6,9-18H2,(H2,24,25,30). The van der Waals surface area contributed by atoms with Crippen LogP contribution < -0.4 is 10.6 Å². The Morgan fingerprint density at radius 3 is 2.17 bits per heavy atom. The molecule has 2 aliphatic rings. The summed E-state index contributed by atoms with van der Waals surface area (Å²) in [7, 11) is 0. The smallest absolute Gasteiger partial charge is 0.315 e. The van der Waals surface area contributed by atoms with E-state index < -0.39 is 0 Å². The van der Waals surface area contributed by atoms with E-state index in [1.807, 2.05) is 23.1 Å². The lowest BCUT2D eigenvalue weighted by Crippen LogP contribution is -2.53. The van der Waals surface area contributed by atoms with Gasteiger partial charge in [-0.15, -0.1) is 0 Å². The second kappa shape index (κ2) is 11.6. The van der Waals surface area contributed by atoms with Gasteiger partial charge in [0.25, 0.3) is 0 Å². The fourth-order valence-corrected chi connectivity index (χ4v) is 4.23. The van der Waals surface area contributed by atoms with Crippen molar-refractivity contribution in [2.75, 3.05) is 39.3 Å². The number of aryl methyl sites for hydroxylation is 1. The highest BCUT2D eigenvalue weighted by Crippen LogP contribution is 2.23. The predicted octanol–water partition coefficient (Wildman–Crippen LogP) is 2.17. The Morgan fingerprint density at radius 1 is 0.867 bits per heavy atom. The van der Waals surface area contributed by atoms with Crippen molar-refractivity contribution >= 4 is 17.8 Å². The highest BCUT2D eigenvalue weighted by atomic mass is 16.2. The lowest BCUT2D eigenvalue weighted by Gasteiger charge is -2.35. The quantitative estimate of drug-likeness (QED) is 0.684. The summed E-state index contributed by atoms with van der Waals surface area (Å²) in [5.74, 6) is 0.634. The molecule has 4 amide bonds. The first-order chi connectivity index (χ1) is 14.6. The Balaban J connectivity index is 1.27. The number of benzene rings is 1. The molecule has 1 aliphatic carbocycles. The van der Waals surface area contributed by atoms with Crippen molar-refractivity contribution in [3.8, 4) is 0 Å². The van der Waals surface area contributed by atoms with Crippen LogP contribution in [0.15, 0.2) is 30.3 Å². The molecule has 1 saturated carbocycles. The summed E-state index contributed by atoms with van der Waals surface area (Å²) >= 11 is 0. The molecular weight excluding hydrogens is 380 g/mol. The van der Waals surface area contributed by atoms with Crippen LogP contribution in [0.5, 0.6) is 0 Å². The molecule has 1 saturated heterocycles. The average molecular weight is 415 g/mol. The predicted molar refractivity (Wildman–Crippen MR) is 116 cm³/mol. The molecule has 2 fully saturated rings. The number of hydrogen-bond acceptors (Lipinski definition) is 3. The number of nitrogens with zero attached hydrogens (tertiary/aromatic N) is 2. The Labute approximate surface area is 179 Å². The van der Waals surface area contributed by atoms with Crippen molar-refractivity contribution in [2.24, 2.45) is 5.92 Å². The molecular formula is C23H34N4O3. The molecule has 1 aromatic rings. The summed E-state index contributed by atoms with van der Waals surface area (Å²) in [5, 5.41) is 5.52. The first-order valence-corrected chi connectivity index (χ1v) is 11.2. The molecule has 0 unspecified atom stereocenters. The minimum absolute atomic E-state index is 0.00151. The summed E-state index contributed by atoms with van der Waals surface area (Å²) in [4.78, 5) is 40.2. The topological polar surface area (TPSA) is 81.8 Å². The van der Waals surface area contributed by atoms with Gasteiger partial charge in [-0.05, 0) is 37.2 Å². The number of hydrogen-bond donors (Lipinski definition) is 2. The minimum Gasteiger partial charge on any atom is -0.339 e. The molecule has 1 aliphatic heterocycles. The van der Waals surface area contributed by atoms with E-state index in [4.69, 9.17) is 0 Å². The monoisotopic (exact) mass is 414 g/mol. The molecule has 7 nitrogen and oxygen atoms in total. The van der Waals surface area contributed by atoms with Crippen LogP contribution in [0.25, 0.3) is 0 Å². The Kier molecular flexibility index (Phi) is 8.53. The van der Waals surface area contributed by atoms with E-state index in [0.717, 1.165) is 12.8 Å². The highest BCUT2D eigenvalue weighted by Gasteiger charge is 2.24. The molecule has 0 bridgehead atoms. The maximum absolute atomic E-state index is 12.4. The molecule has 164 valence electrons. The molecule has 0 radical (unpaired) electrons. The van der Waals surface area contributed by atoms with Gasteiger partial charge in [0.1, 0.15) is 0 Å². The molecule has 0 atom stereocenters. The largest absolute Gasteiger partial charge is 0.339 e. The molecule has 1 aromatic carbocycles. The number of carbonyl (C=O) groups is 3. The van der Waals surface area contributed by atoms with Crippen molar-refractivity contribution < 1.29 is 14.4 Å². The van der Waals surface area contributed by atoms with E-state index in [2.05, 4.69) is 22.8 Å². The minimum atomic E-state index is -0.275. The number of carbonyl (C=O) groups excluding carboxylic acids is 3. The van der Waals surface area contributed by atoms with Gasteiger partial charge in [0.05, 0.1) is 6.54 Å². The Hall–Kier alpha value is -2.57. The Bertz CT molecular complexity index is 696. The van der Waals surface area contributed by atoms with Crippen molar-refractivity contribution in [2.45, 2.75) is 44.9 Å². The van der Waals surface area contributed by atoms with Gasteiger partial charge in [-0.2, -0.15) is 0 Å². The van der Waals surface area contributed by atoms with Gasteiger partial charge in [0.15, 0.2) is 0 Å². The molecule has 2 N–H and O–H groups in total. The summed E-state index contributed by atoms with van der Waals surface area (Å²) in [5.41, 5.74) is 1.25. The molecule has 1 heterocycles. The zero-order chi connectivity index (χ0) is 21.2. The third-order valence-electron chi connectivity index (χ3n) is 6.11. The van der Waals surface area contributed by atoms with Crippen LogP contribution in [0.4, 0.5) is 4.79 Å². The maximum atomic E-state index is 12.4. The van der Waals surface area contributed by atoms with Gasteiger partial charge in [0, 0.05) is 39.1 Å². The lowest BCUT2D eigenvalue weighted by molar-refractivity contribution is -0.139. The maximum Gasteiger partial charge on any atom is 0.315 e. The van der Waals surface area contributed by atoms with Gasteiger partial charge in [-0.25, -0.2) is 4.79 Å². The summed E-state index contributed by atoms with van der Waals surface area (Å²) in [6.45, 7) is 2.85. The first kappa shape index (κ1) is 22.1. The number of nitrogens with one attached hydrogen (secondary N) is 2. The molecule has 30 heavy (non-hydrogen) atoms. The zero-order valence-electron chi connectivity index (χ0n) is 17.8. The van der Waals surface area contributed by atoms with Crippen LogP contribution in [0.3, 0.4) is 0 Å². The van der Waals surface area contributed by atoms with Gasteiger partial charge >= 0.3 is 6.03 Å². The highest BCUT2D eigenvalue weighted by molar-refractivity contribution is 5.84. The fourth-order valence-electron chi connectivity index (χ4n) is 4.23. The first-order valence-electron chi connectivity index (χ1n) is 11.2. The van der Waals surface area contributed by atoms with Gasteiger partial charge in [-0.3, -0.25) is 9.59 Å². The van der Waals surface area contributed by atoms with Crippen molar-refractivity contribution in [3.05, 3.63) is 35.9 Å². The lowest BCUT2D eigenvalue weighted by atomic mass is 10.1. The third-order valence-corrected chi connectivity index (χ3v) is 6.11. The van der Waals surface area contributed by atoms with Crippen LogP contribution in [0.1, 0.15) is 44.1 Å². The number of piperazine rings is 1. The molecule has 3 rings (SSSR count). The molecule has 7 heteroatoms. The molecule has 0 spiro atoms. The van der Waals surface area contributed by atoms with E-state index in [-0.39, 0.29) is 24.4 Å². The van der Waals surface area contributed by atoms with Gasteiger partial charge in [0.2, 0.25) is 11.8 Å². The van der Waals surface area contributed by atoms with Crippen molar-refractivity contribution in [3.63, 3.8) is 0 Å². The van der Waals surface area contributed by atoms with Crippen LogP contribution in [0.2, 0.25) is 0 Å². The van der Waals surface area contributed by atoms with Gasteiger partial charge < -0.3 is 20.4 Å². The second-order valence-corrected chi connectivity index (χ2v) is 8.31. The van der Waals surface area contributed by atoms with Crippen LogP contribution >= 0.6 is 0 Å². The fraction of sp³-hybridized carbons (Fsp3) is 0.609. The number of amides is 4. The SMILES string of the molecule is O=C(NCC(=O)N1CCN(C(=O)CCCc2ccccc2)CC1)NCC1CCCC1. The Morgan fingerprint density at radius 2 is 1.50 bits per heavy atom. The average Bonchev–Trinajstić information content (AvgIpc) is 3.30. The van der Waals surface area contributed by atoms with Crippen LogP contribution in [-0.2, 0) is 16.0 Å². The van der Waals surface area contributed by atoms with Crippen LogP contribution in [-0.4, -0.2) is 66.9 Å². The van der Waals surface area contributed by atoms with E-state index in [1.54, 1.807) is 4.90 Å². The molecule has 0 aromatic heterocycles. The number of rotatable bonds is 8. The second-order valence-electron chi connectivity index (χ2n) is 8.31. The number of urea groups is 1. The van der Waals surface area contributed by atoms with E-state index >= 15 is 0 Å². The normalized spacial score (nSPS) is 17.1. The van der Waals surface area contributed by atoms with Crippen LogP contribution in [0, 0.1) is 5.92 Å².